The molecule has 0 unspecified atom stereocenters. The summed E-state index contributed by atoms with van der Waals surface area (Å²) < 4.78 is 10.6. The van der Waals surface area contributed by atoms with Gasteiger partial charge < -0.3 is 20.1 Å². The van der Waals surface area contributed by atoms with Crippen molar-refractivity contribution in [2.45, 2.75) is 0 Å². The molecule has 2 aromatic carbocycles. The van der Waals surface area contributed by atoms with Crippen LogP contribution in [0.5, 0.6) is 11.5 Å². The standard InChI is InChI=1S/C22H22N4O3/c1-4-12-23-22(27)17-14-24-20(15-8-6-5-7-9-15)26-21(17)25-16-10-11-18(28-2)19(13-16)29-3/h4-11,13-14H,1,12H2,2-3H3,(H,23,27)(H,24,25,26). The summed E-state index contributed by atoms with van der Waals surface area (Å²) in [6.45, 7) is 3.96. The number of benzene rings is 2. The molecule has 1 heterocycles. The molecular weight excluding hydrogens is 368 g/mol. The van der Waals surface area contributed by atoms with E-state index in [9.17, 15) is 4.79 Å². The van der Waals surface area contributed by atoms with Crippen molar-refractivity contribution < 1.29 is 14.3 Å². The molecule has 1 amide bonds. The van der Waals surface area contributed by atoms with Gasteiger partial charge in [0.1, 0.15) is 11.4 Å². The van der Waals surface area contributed by atoms with Crippen LogP contribution in [0.2, 0.25) is 0 Å². The van der Waals surface area contributed by atoms with Crippen LogP contribution in [0.3, 0.4) is 0 Å². The lowest BCUT2D eigenvalue weighted by Gasteiger charge is -2.14. The molecule has 0 aliphatic heterocycles. The average Bonchev–Trinajstić information content (AvgIpc) is 2.77. The molecule has 148 valence electrons. The highest BCUT2D eigenvalue weighted by molar-refractivity contribution is 5.99. The van der Waals surface area contributed by atoms with Crippen LogP contribution in [-0.2, 0) is 0 Å². The minimum Gasteiger partial charge on any atom is -0.493 e. The van der Waals surface area contributed by atoms with Crippen LogP contribution in [0.15, 0.2) is 67.4 Å². The van der Waals surface area contributed by atoms with Gasteiger partial charge >= 0.3 is 0 Å². The molecule has 0 radical (unpaired) electrons. The summed E-state index contributed by atoms with van der Waals surface area (Å²) in [5, 5.41) is 5.95. The summed E-state index contributed by atoms with van der Waals surface area (Å²) >= 11 is 0. The normalized spacial score (nSPS) is 10.1. The maximum absolute atomic E-state index is 12.6. The molecule has 0 fully saturated rings. The number of hydrogen-bond donors (Lipinski definition) is 2. The number of rotatable bonds is 8. The maximum Gasteiger partial charge on any atom is 0.256 e. The molecule has 0 bridgehead atoms. The van der Waals surface area contributed by atoms with Gasteiger partial charge in [-0.2, -0.15) is 0 Å². The molecule has 0 aliphatic carbocycles. The minimum atomic E-state index is -0.299. The van der Waals surface area contributed by atoms with Gasteiger partial charge in [-0.05, 0) is 12.1 Å². The van der Waals surface area contributed by atoms with Gasteiger partial charge in [0.05, 0.1) is 14.2 Å². The van der Waals surface area contributed by atoms with Gasteiger partial charge in [0.25, 0.3) is 5.91 Å². The Kier molecular flexibility index (Phi) is 6.42. The third kappa shape index (κ3) is 4.70. The fraction of sp³-hybridized carbons (Fsp3) is 0.136. The highest BCUT2D eigenvalue weighted by Gasteiger charge is 2.16. The van der Waals surface area contributed by atoms with Crippen LogP contribution in [0.4, 0.5) is 11.5 Å². The lowest BCUT2D eigenvalue weighted by Crippen LogP contribution is -2.24. The number of aromatic nitrogens is 2. The largest absolute Gasteiger partial charge is 0.493 e. The summed E-state index contributed by atoms with van der Waals surface area (Å²) in [7, 11) is 3.14. The number of hydrogen-bond acceptors (Lipinski definition) is 6. The molecule has 7 heteroatoms. The SMILES string of the molecule is C=CCNC(=O)c1cnc(-c2ccccc2)nc1Nc1ccc(OC)c(OC)c1. The highest BCUT2D eigenvalue weighted by Crippen LogP contribution is 2.31. The van der Waals surface area contributed by atoms with E-state index in [-0.39, 0.29) is 5.91 Å². The fourth-order valence-corrected chi connectivity index (χ4v) is 2.68. The van der Waals surface area contributed by atoms with Gasteiger partial charge in [-0.25, -0.2) is 9.97 Å². The van der Waals surface area contributed by atoms with Crippen molar-refractivity contribution in [3.63, 3.8) is 0 Å². The topological polar surface area (TPSA) is 85.4 Å². The predicted molar refractivity (Wildman–Crippen MR) is 113 cm³/mol. The Hall–Kier alpha value is -3.87. The third-order valence-electron chi connectivity index (χ3n) is 4.12. The minimum absolute atomic E-state index is 0.299. The Morgan fingerprint density at radius 1 is 1.10 bits per heavy atom. The smallest absolute Gasteiger partial charge is 0.256 e. The van der Waals surface area contributed by atoms with Gasteiger partial charge in [0, 0.05) is 30.1 Å². The van der Waals surface area contributed by atoms with Crippen molar-refractivity contribution in [2.75, 3.05) is 26.1 Å². The molecule has 0 spiro atoms. The van der Waals surface area contributed by atoms with Gasteiger partial charge in [-0.3, -0.25) is 4.79 Å². The van der Waals surface area contributed by atoms with E-state index >= 15 is 0 Å². The molecule has 2 N–H and O–H groups in total. The van der Waals surface area contributed by atoms with Gasteiger partial charge in [-0.15, -0.1) is 6.58 Å². The number of ether oxygens (including phenoxy) is 2. The third-order valence-corrected chi connectivity index (χ3v) is 4.12. The zero-order valence-corrected chi connectivity index (χ0v) is 16.3. The molecule has 0 saturated carbocycles. The lowest BCUT2D eigenvalue weighted by molar-refractivity contribution is 0.0958. The first-order valence-corrected chi connectivity index (χ1v) is 8.97. The van der Waals surface area contributed by atoms with Gasteiger partial charge in [0.2, 0.25) is 0 Å². The first-order valence-electron chi connectivity index (χ1n) is 8.97. The van der Waals surface area contributed by atoms with Crippen molar-refractivity contribution in [3.8, 4) is 22.9 Å². The molecule has 29 heavy (non-hydrogen) atoms. The number of amides is 1. The zero-order valence-electron chi connectivity index (χ0n) is 16.3. The van der Waals surface area contributed by atoms with Crippen LogP contribution >= 0.6 is 0 Å². The quantitative estimate of drug-likeness (QED) is 0.569. The van der Waals surface area contributed by atoms with E-state index < -0.39 is 0 Å². The van der Waals surface area contributed by atoms with Crippen molar-refractivity contribution in [1.82, 2.24) is 15.3 Å². The predicted octanol–water partition coefficient (Wildman–Crippen LogP) is 3.82. The number of nitrogens with one attached hydrogen (secondary N) is 2. The number of methoxy groups -OCH3 is 2. The van der Waals surface area contributed by atoms with Crippen LogP contribution in [0.25, 0.3) is 11.4 Å². The summed E-state index contributed by atoms with van der Waals surface area (Å²) in [5.41, 5.74) is 1.86. The second-order valence-corrected chi connectivity index (χ2v) is 6.02. The molecule has 3 aromatic rings. The Balaban J connectivity index is 2.01. The zero-order chi connectivity index (χ0) is 20.6. The molecule has 0 atom stereocenters. The van der Waals surface area contributed by atoms with Crippen molar-refractivity contribution >= 4 is 17.4 Å². The monoisotopic (exact) mass is 390 g/mol. The summed E-state index contributed by atoms with van der Waals surface area (Å²) in [6, 6.07) is 14.9. The van der Waals surface area contributed by atoms with E-state index in [1.165, 1.54) is 6.20 Å². The molecule has 3 rings (SSSR count). The van der Waals surface area contributed by atoms with Crippen molar-refractivity contribution in [1.29, 1.82) is 0 Å². The van der Waals surface area contributed by atoms with Crippen LogP contribution < -0.4 is 20.1 Å². The summed E-state index contributed by atoms with van der Waals surface area (Å²) in [5.74, 6) is 1.76. The van der Waals surface area contributed by atoms with E-state index in [4.69, 9.17) is 9.47 Å². The molecule has 0 saturated heterocycles. The second kappa shape index (κ2) is 9.36. The Labute approximate surface area is 169 Å². The van der Waals surface area contributed by atoms with Gasteiger partial charge in [0.15, 0.2) is 17.3 Å². The molecule has 0 aliphatic rings. The maximum atomic E-state index is 12.6. The Bertz CT molecular complexity index is 1010. The number of nitrogens with zero attached hydrogens (tertiary/aromatic N) is 2. The van der Waals surface area contributed by atoms with Crippen molar-refractivity contribution in [2.24, 2.45) is 0 Å². The Morgan fingerprint density at radius 3 is 2.55 bits per heavy atom. The molecule has 7 nitrogen and oxygen atoms in total. The first kappa shape index (κ1) is 19.9. The van der Waals surface area contributed by atoms with E-state index in [0.717, 1.165) is 5.56 Å². The van der Waals surface area contributed by atoms with E-state index in [2.05, 4.69) is 27.2 Å². The van der Waals surface area contributed by atoms with E-state index in [0.29, 0.717) is 40.9 Å². The second-order valence-electron chi connectivity index (χ2n) is 6.02. The number of carbonyl (C=O) groups is 1. The lowest BCUT2D eigenvalue weighted by atomic mass is 10.2. The van der Waals surface area contributed by atoms with Crippen LogP contribution in [0, 0.1) is 0 Å². The fourth-order valence-electron chi connectivity index (χ4n) is 2.68. The Morgan fingerprint density at radius 2 is 1.86 bits per heavy atom. The first-order chi connectivity index (χ1) is 14.2. The van der Waals surface area contributed by atoms with Gasteiger partial charge in [-0.1, -0.05) is 36.4 Å². The van der Waals surface area contributed by atoms with Crippen molar-refractivity contribution in [3.05, 3.63) is 72.9 Å². The van der Waals surface area contributed by atoms with Crippen LogP contribution in [0.1, 0.15) is 10.4 Å². The molecular formula is C22H22N4O3. The summed E-state index contributed by atoms with van der Waals surface area (Å²) in [6.07, 6.45) is 3.12. The number of anilines is 2. The van der Waals surface area contributed by atoms with E-state index in [1.54, 1.807) is 32.4 Å². The molecule has 1 aromatic heterocycles. The number of carbonyl (C=O) groups excluding carboxylic acids is 1. The average molecular weight is 390 g/mol. The van der Waals surface area contributed by atoms with Crippen LogP contribution in [-0.4, -0.2) is 36.6 Å². The van der Waals surface area contributed by atoms with E-state index in [1.807, 2.05) is 36.4 Å². The summed E-state index contributed by atoms with van der Waals surface area (Å²) in [4.78, 5) is 21.5. The highest BCUT2D eigenvalue weighted by atomic mass is 16.5.